The van der Waals surface area contributed by atoms with Crippen LogP contribution in [-0.2, 0) is 0 Å². The maximum Gasteiger partial charge on any atom is 0.316 e. The first kappa shape index (κ1) is 14.8. The molecule has 0 aliphatic rings. The highest BCUT2D eigenvalue weighted by Gasteiger charge is 2.19. The summed E-state index contributed by atoms with van der Waals surface area (Å²) >= 11 is 0. The number of nitrogen functional groups attached to an aromatic ring is 1. The number of nitrogens with two attached hydrogens (primary N) is 1. The second-order valence-corrected chi connectivity index (χ2v) is 4.41. The molecule has 1 unspecified atom stereocenters. The predicted octanol–water partition coefficient (Wildman–Crippen LogP) is 2.03. The fourth-order valence-electron chi connectivity index (χ4n) is 2.00. The van der Waals surface area contributed by atoms with Gasteiger partial charge in [-0.3, -0.25) is 16.0 Å². The summed E-state index contributed by atoms with van der Waals surface area (Å²) in [6.07, 6.45) is -0.764. The molecule has 7 nitrogen and oxygen atoms in total. The summed E-state index contributed by atoms with van der Waals surface area (Å²) in [5, 5.41) is 24.1. The standard InChI is InChI=1S/C14H16N4O3/c15-17-12-8-4-7-11(14(12)18(20)21)16-9-13(19)10-5-2-1-3-6-10/h1-8,13,16-17,19H,9,15H2. The van der Waals surface area contributed by atoms with E-state index in [1.807, 2.05) is 18.2 Å². The molecule has 0 saturated heterocycles. The van der Waals surface area contributed by atoms with Crippen molar-refractivity contribution in [2.24, 2.45) is 5.84 Å². The van der Waals surface area contributed by atoms with Gasteiger partial charge >= 0.3 is 5.69 Å². The Balaban J connectivity index is 2.15. The van der Waals surface area contributed by atoms with Crippen LogP contribution in [0.2, 0.25) is 0 Å². The maximum atomic E-state index is 11.1. The van der Waals surface area contributed by atoms with Gasteiger partial charge in [0, 0.05) is 6.54 Å². The van der Waals surface area contributed by atoms with Crippen LogP contribution >= 0.6 is 0 Å². The van der Waals surface area contributed by atoms with Gasteiger partial charge in [0.25, 0.3) is 0 Å². The van der Waals surface area contributed by atoms with Crippen LogP contribution in [0, 0.1) is 10.1 Å². The van der Waals surface area contributed by atoms with Gasteiger partial charge in [-0.25, -0.2) is 0 Å². The lowest BCUT2D eigenvalue weighted by Gasteiger charge is -2.14. The van der Waals surface area contributed by atoms with Crippen molar-refractivity contribution in [2.75, 3.05) is 17.3 Å². The van der Waals surface area contributed by atoms with E-state index in [4.69, 9.17) is 5.84 Å². The highest BCUT2D eigenvalue weighted by Crippen LogP contribution is 2.32. The van der Waals surface area contributed by atoms with Gasteiger partial charge in [0.2, 0.25) is 0 Å². The van der Waals surface area contributed by atoms with Gasteiger partial charge in [0.15, 0.2) is 0 Å². The molecule has 0 heterocycles. The monoisotopic (exact) mass is 288 g/mol. The summed E-state index contributed by atoms with van der Waals surface area (Å²) in [4.78, 5) is 10.6. The summed E-state index contributed by atoms with van der Waals surface area (Å²) in [6, 6.07) is 13.8. The zero-order chi connectivity index (χ0) is 15.2. The van der Waals surface area contributed by atoms with Crippen molar-refractivity contribution >= 4 is 17.1 Å². The number of aliphatic hydroxyl groups excluding tert-OH is 1. The predicted molar refractivity (Wildman–Crippen MR) is 80.8 cm³/mol. The molecule has 0 radical (unpaired) electrons. The number of para-hydroxylation sites is 1. The van der Waals surface area contributed by atoms with Crippen molar-refractivity contribution in [2.45, 2.75) is 6.10 Å². The summed E-state index contributed by atoms with van der Waals surface area (Å²) in [5.41, 5.74) is 3.38. The molecule has 5 N–H and O–H groups in total. The Morgan fingerprint density at radius 3 is 2.43 bits per heavy atom. The topological polar surface area (TPSA) is 113 Å². The van der Waals surface area contributed by atoms with Crippen molar-refractivity contribution in [1.82, 2.24) is 0 Å². The maximum absolute atomic E-state index is 11.1. The van der Waals surface area contributed by atoms with Crippen LogP contribution in [0.25, 0.3) is 0 Å². The highest BCUT2D eigenvalue weighted by atomic mass is 16.6. The molecule has 2 rings (SSSR count). The highest BCUT2D eigenvalue weighted by molar-refractivity contribution is 5.75. The minimum absolute atomic E-state index is 0.152. The Labute approximate surface area is 121 Å². The van der Waals surface area contributed by atoms with Crippen LogP contribution in [-0.4, -0.2) is 16.6 Å². The lowest BCUT2D eigenvalue weighted by Crippen LogP contribution is -2.15. The van der Waals surface area contributed by atoms with Crippen molar-refractivity contribution in [1.29, 1.82) is 0 Å². The van der Waals surface area contributed by atoms with Gasteiger partial charge in [0.1, 0.15) is 11.4 Å². The Hall–Kier alpha value is -2.64. The molecule has 1 atom stereocenters. The van der Waals surface area contributed by atoms with Crippen LogP contribution in [0.5, 0.6) is 0 Å². The molecule has 0 aliphatic heterocycles. The molecule has 0 spiro atoms. The molecule has 2 aromatic carbocycles. The van der Waals surface area contributed by atoms with Crippen LogP contribution in [0.15, 0.2) is 48.5 Å². The smallest absolute Gasteiger partial charge is 0.316 e. The van der Waals surface area contributed by atoms with E-state index < -0.39 is 11.0 Å². The zero-order valence-corrected chi connectivity index (χ0v) is 11.2. The van der Waals surface area contributed by atoms with Crippen LogP contribution in [0.4, 0.5) is 17.1 Å². The number of nitro groups is 1. The first-order chi connectivity index (χ1) is 10.1. The number of rotatable bonds is 6. The molecular weight excluding hydrogens is 272 g/mol. The number of benzene rings is 2. The van der Waals surface area contributed by atoms with Gasteiger partial charge < -0.3 is 15.8 Å². The summed E-state index contributed by atoms with van der Waals surface area (Å²) in [7, 11) is 0. The van der Waals surface area contributed by atoms with Crippen molar-refractivity contribution in [3.8, 4) is 0 Å². The van der Waals surface area contributed by atoms with Gasteiger partial charge in [0.05, 0.1) is 11.0 Å². The number of anilines is 2. The lowest BCUT2D eigenvalue weighted by molar-refractivity contribution is -0.383. The molecule has 110 valence electrons. The van der Waals surface area contributed by atoms with Gasteiger partial charge in [-0.15, -0.1) is 0 Å². The minimum Gasteiger partial charge on any atom is -0.387 e. The molecule has 2 aromatic rings. The third-order valence-corrected chi connectivity index (χ3v) is 3.04. The first-order valence-electron chi connectivity index (χ1n) is 6.34. The fraction of sp³-hybridized carbons (Fsp3) is 0.143. The van der Waals surface area contributed by atoms with Gasteiger partial charge in [-0.05, 0) is 17.7 Å². The Bertz CT molecular complexity index is 619. The molecule has 0 fully saturated rings. The second-order valence-electron chi connectivity index (χ2n) is 4.41. The quantitative estimate of drug-likeness (QED) is 0.367. The Kier molecular flexibility index (Phi) is 4.70. The largest absolute Gasteiger partial charge is 0.387 e. The van der Waals surface area contributed by atoms with Crippen LogP contribution in [0.1, 0.15) is 11.7 Å². The van der Waals surface area contributed by atoms with E-state index in [1.54, 1.807) is 24.3 Å². The Morgan fingerprint density at radius 1 is 1.14 bits per heavy atom. The van der Waals surface area contributed by atoms with E-state index in [1.165, 1.54) is 6.07 Å². The van der Waals surface area contributed by atoms with Crippen LogP contribution in [0.3, 0.4) is 0 Å². The number of nitro benzene ring substituents is 1. The summed E-state index contributed by atoms with van der Waals surface area (Å²) in [5.74, 6) is 5.27. The van der Waals surface area contributed by atoms with E-state index >= 15 is 0 Å². The van der Waals surface area contributed by atoms with Crippen LogP contribution < -0.4 is 16.6 Å². The summed E-state index contributed by atoms with van der Waals surface area (Å²) < 4.78 is 0. The van der Waals surface area contributed by atoms with E-state index in [2.05, 4.69) is 10.7 Å². The number of nitrogens with zero attached hydrogens (tertiary/aromatic N) is 1. The normalized spacial score (nSPS) is 11.7. The third-order valence-electron chi connectivity index (χ3n) is 3.04. The molecular formula is C14H16N4O3. The van der Waals surface area contributed by atoms with E-state index in [0.29, 0.717) is 5.69 Å². The van der Waals surface area contributed by atoms with Gasteiger partial charge in [-0.1, -0.05) is 36.4 Å². The molecule has 0 aromatic heterocycles. The molecule has 0 bridgehead atoms. The third kappa shape index (κ3) is 3.47. The van der Waals surface area contributed by atoms with Crippen molar-refractivity contribution in [3.63, 3.8) is 0 Å². The van der Waals surface area contributed by atoms with Gasteiger partial charge in [-0.2, -0.15) is 0 Å². The summed E-state index contributed by atoms with van der Waals surface area (Å²) in [6.45, 7) is 0.152. The number of nitrogens with one attached hydrogen (secondary N) is 2. The van der Waals surface area contributed by atoms with E-state index in [0.717, 1.165) is 5.56 Å². The average molecular weight is 288 g/mol. The number of hydrazine groups is 1. The average Bonchev–Trinajstić information content (AvgIpc) is 2.52. The Morgan fingerprint density at radius 2 is 1.81 bits per heavy atom. The molecule has 7 heteroatoms. The second kappa shape index (κ2) is 6.69. The zero-order valence-electron chi connectivity index (χ0n) is 11.2. The van der Waals surface area contributed by atoms with Crippen molar-refractivity contribution in [3.05, 3.63) is 64.2 Å². The lowest BCUT2D eigenvalue weighted by atomic mass is 10.1. The van der Waals surface area contributed by atoms with E-state index in [-0.39, 0.29) is 17.9 Å². The number of aliphatic hydroxyl groups is 1. The molecule has 0 saturated carbocycles. The first-order valence-corrected chi connectivity index (χ1v) is 6.34. The fourth-order valence-corrected chi connectivity index (χ4v) is 2.00. The number of hydrogen-bond acceptors (Lipinski definition) is 6. The van der Waals surface area contributed by atoms with Crippen molar-refractivity contribution < 1.29 is 10.0 Å². The minimum atomic E-state index is -0.764. The van der Waals surface area contributed by atoms with E-state index in [9.17, 15) is 15.2 Å². The molecule has 0 amide bonds. The SMILES string of the molecule is NNc1cccc(NCC(O)c2ccccc2)c1[N+](=O)[O-]. The molecule has 0 aliphatic carbocycles. The number of hydrogen-bond donors (Lipinski definition) is 4. The molecule has 21 heavy (non-hydrogen) atoms.